The van der Waals surface area contributed by atoms with E-state index in [0.29, 0.717) is 6.04 Å². The van der Waals surface area contributed by atoms with Gasteiger partial charge in [-0.2, -0.15) is 0 Å². The lowest BCUT2D eigenvalue weighted by molar-refractivity contribution is 0.140. The van der Waals surface area contributed by atoms with Gasteiger partial charge in [-0.05, 0) is 58.8 Å². The van der Waals surface area contributed by atoms with Crippen LogP contribution in [-0.2, 0) is 0 Å². The average Bonchev–Trinajstić information content (AvgIpc) is 2.66. The Bertz CT molecular complexity index is 263. The molecule has 2 atom stereocenters. The number of nitrogens with zero attached hydrogens (tertiary/aromatic N) is 2. The van der Waals surface area contributed by atoms with Crippen LogP contribution in [0.5, 0.6) is 0 Å². The summed E-state index contributed by atoms with van der Waals surface area (Å²) in [7, 11) is 4.45. The van der Waals surface area contributed by atoms with Gasteiger partial charge in [0.1, 0.15) is 0 Å². The van der Waals surface area contributed by atoms with Crippen LogP contribution in [0.1, 0.15) is 51.9 Å². The summed E-state index contributed by atoms with van der Waals surface area (Å²) in [6, 6.07) is 1.45. The van der Waals surface area contributed by atoms with Crippen molar-refractivity contribution in [3.8, 4) is 0 Å². The molecule has 0 spiro atoms. The first-order valence-corrected chi connectivity index (χ1v) is 8.84. The quantitative estimate of drug-likeness (QED) is 0.835. The van der Waals surface area contributed by atoms with Gasteiger partial charge in [-0.15, -0.1) is 0 Å². The van der Waals surface area contributed by atoms with Crippen LogP contribution >= 0.6 is 0 Å². The molecule has 0 aromatic carbocycles. The Labute approximate surface area is 126 Å². The Hall–Kier alpha value is -0.120. The van der Waals surface area contributed by atoms with Crippen molar-refractivity contribution in [2.24, 2.45) is 5.92 Å². The van der Waals surface area contributed by atoms with E-state index >= 15 is 0 Å². The Balaban J connectivity index is 1.93. The second-order valence-electron chi connectivity index (χ2n) is 6.97. The minimum atomic E-state index is 0.702. The summed E-state index contributed by atoms with van der Waals surface area (Å²) < 4.78 is 0. The van der Waals surface area contributed by atoms with Crippen LogP contribution in [-0.4, -0.2) is 62.2 Å². The van der Waals surface area contributed by atoms with E-state index < -0.39 is 0 Å². The van der Waals surface area contributed by atoms with Crippen molar-refractivity contribution in [1.82, 2.24) is 15.1 Å². The smallest absolute Gasteiger partial charge is 0.0221 e. The Morgan fingerprint density at radius 2 is 1.85 bits per heavy atom. The molecule has 1 N–H and O–H groups in total. The van der Waals surface area contributed by atoms with Crippen LogP contribution in [0.2, 0.25) is 0 Å². The van der Waals surface area contributed by atoms with Crippen molar-refractivity contribution in [3.63, 3.8) is 0 Å². The highest BCUT2D eigenvalue weighted by Gasteiger charge is 2.28. The summed E-state index contributed by atoms with van der Waals surface area (Å²) in [5.74, 6) is 0.909. The normalized spacial score (nSPS) is 29.2. The van der Waals surface area contributed by atoms with Crippen molar-refractivity contribution >= 4 is 0 Å². The van der Waals surface area contributed by atoms with Crippen molar-refractivity contribution in [1.29, 1.82) is 0 Å². The molecule has 2 rings (SSSR count). The predicted molar refractivity (Wildman–Crippen MR) is 87.2 cm³/mol. The molecule has 0 radical (unpaired) electrons. The van der Waals surface area contributed by atoms with Crippen molar-refractivity contribution in [2.45, 2.75) is 64.0 Å². The lowest BCUT2D eigenvalue weighted by atomic mass is 9.83. The van der Waals surface area contributed by atoms with E-state index in [1.54, 1.807) is 0 Å². The molecule has 20 heavy (non-hydrogen) atoms. The molecule has 1 heterocycles. The van der Waals surface area contributed by atoms with Gasteiger partial charge < -0.3 is 10.2 Å². The Morgan fingerprint density at radius 3 is 2.50 bits per heavy atom. The van der Waals surface area contributed by atoms with Crippen molar-refractivity contribution < 1.29 is 0 Å². The molecule has 0 amide bonds. The highest BCUT2D eigenvalue weighted by molar-refractivity contribution is 4.85. The monoisotopic (exact) mass is 281 g/mol. The van der Waals surface area contributed by atoms with E-state index in [4.69, 9.17) is 0 Å². The number of nitrogens with one attached hydrogen (secondary N) is 1. The highest BCUT2D eigenvalue weighted by Crippen LogP contribution is 2.27. The molecule has 1 saturated carbocycles. The summed E-state index contributed by atoms with van der Waals surface area (Å²) in [6.07, 6.45) is 9.84. The maximum Gasteiger partial charge on any atom is 0.0221 e. The largest absolute Gasteiger partial charge is 0.315 e. The molecule has 2 unspecified atom stereocenters. The zero-order valence-electron chi connectivity index (χ0n) is 13.9. The molecule has 2 fully saturated rings. The van der Waals surface area contributed by atoms with Crippen LogP contribution in [0.15, 0.2) is 0 Å². The summed E-state index contributed by atoms with van der Waals surface area (Å²) in [4.78, 5) is 5.29. The van der Waals surface area contributed by atoms with Crippen LogP contribution in [0.4, 0.5) is 0 Å². The fourth-order valence-electron chi connectivity index (χ4n) is 4.19. The lowest BCUT2D eigenvalue weighted by Crippen LogP contribution is -2.49. The summed E-state index contributed by atoms with van der Waals surface area (Å²) in [6.45, 7) is 7.41. The van der Waals surface area contributed by atoms with E-state index in [2.05, 4.69) is 36.1 Å². The van der Waals surface area contributed by atoms with Crippen LogP contribution in [0.3, 0.4) is 0 Å². The third kappa shape index (κ3) is 4.44. The first-order chi connectivity index (χ1) is 9.74. The molecule has 3 heteroatoms. The van der Waals surface area contributed by atoms with Crippen LogP contribution < -0.4 is 5.32 Å². The second-order valence-corrected chi connectivity index (χ2v) is 6.97. The zero-order valence-corrected chi connectivity index (χ0v) is 13.9. The van der Waals surface area contributed by atoms with E-state index in [1.807, 2.05) is 0 Å². The summed E-state index contributed by atoms with van der Waals surface area (Å²) in [5, 5.41) is 3.64. The fourth-order valence-corrected chi connectivity index (χ4v) is 4.19. The Morgan fingerprint density at radius 1 is 1.10 bits per heavy atom. The van der Waals surface area contributed by atoms with Gasteiger partial charge in [0.05, 0.1) is 0 Å². The minimum absolute atomic E-state index is 0.702. The number of rotatable bonds is 5. The van der Waals surface area contributed by atoms with E-state index in [1.165, 1.54) is 71.1 Å². The molecule has 118 valence electrons. The molecule has 0 bridgehead atoms. The maximum atomic E-state index is 3.64. The highest BCUT2D eigenvalue weighted by atomic mass is 15.2. The van der Waals surface area contributed by atoms with Gasteiger partial charge in [-0.1, -0.05) is 26.2 Å². The van der Waals surface area contributed by atoms with Crippen LogP contribution in [0, 0.1) is 5.92 Å². The van der Waals surface area contributed by atoms with Gasteiger partial charge in [-0.3, -0.25) is 4.90 Å². The van der Waals surface area contributed by atoms with E-state index in [9.17, 15) is 0 Å². The molecule has 1 aliphatic heterocycles. The van der Waals surface area contributed by atoms with Crippen LogP contribution in [0.25, 0.3) is 0 Å². The molecule has 0 aromatic rings. The van der Waals surface area contributed by atoms with E-state index in [-0.39, 0.29) is 0 Å². The first kappa shape index (κ1) is 16.3. The topological polar surface area (TPSA) is 18.5 Å². The molecular formula is C17H35N3. The van der Waals surface area contributed by atoms with Gasteiger partial charge in [0.15, 0.2) is 0 Å². The first-order valence-electron chi connectivity index (χ1n) is 8.84. The maximum absolute atomic E-state index is 3.64. The van der Waals surface area contributed by atoms with Gasteiger partial charge in [-0.25, -0.2) is 0 Å². The molecular weight excluding hydrogens is 246 g/mol. The van der Waals surface area contributed by atoms with Crippen molar-refractivity contribution in [3.05, 3.63) is 0 Å². The lowest BCUT2D eigenvalue weighted by Gasteiger charge is -2.37. The Kier molecular flexibility index (Phi) is 6.79. The van der Waals surface area contributed by atoms with Gasteiger partial charge in [0.2, 0.25) is 0 Å². The standard InChI is InChI=1S/C17H35N3/c1-4-16-13-19(3)11-8-12-20(16)14-17(18-2)15-9-6-5-7-10-15/h15-18H,4-14H2,1-3H3. The number of likely N-dealkylation sites (N-methyl/N-ethyl adjacent to an activating group) is 2. The molecule has 1 aliphatic carbocycles. The van der Waals surface area contributed by atoms with Gasteiger partial charge in [0.25, 0.3) is 0 Å². The zero-order chi connectivity index (χ0) is 14.4. The van der Waals surface area contributed by atoms with E-state index in [0.717, 1.165) is 12.0 Å². The molecule has 0 aromatic heterocycles. The average molecular weight is 281 g/mol. The SMILES string of the molecule is CCC1CN(C)CCCN1CC(NC)C1CCCCC1. The summed E-state index contributed by atoms with van der Waals surface area (Å²) >= 11 is 0. The summed E-state index contributed by atoms with van der Waals surface area (Å²) in [5.41, 5.74) is 0. The molecule has 1 saturated heterocycles. The molecule has 3 nitrogen and oxygen atoms in total. The third-order valence-corrected chi connectivity index (χ3v) is 5.52. The number of hydrogen-bond donors (Lipinski definition) is 1. The van der Waals surface area contributed by atoms with Gasteiger partial charge >= 0.3 is 0 Å². The fraction of sp³-hybridized carbons (Fsp3) is 1.00. The molecule has 2 aliphatic rings. The second kappa shape index (κ2) is 8.35. The number of hydrogen-bond acceptors (Lipinski definition) is 3. The minimum Gasteiger partial charge on any atom is -0.315 e. The third-order valence-electron chi connectivity index (χ3n) is 5.52. The predicted octanol–water partition coefficient (Wildman–Crippen LogP) is 2.57. The van der Waals surface area contributed by atoms with Gasteiger partial charge in [0, 0.05) is 25.2 Å². The van der Waals surface area contributed by atoms with Crippen molar-refractivity contribution in [2.75, 3.05) is 40.3 Å².